The number of fused-ring (bicyclic) bond motifs is 18. The van der Waals surface area contributed by atoms with Gasteiger partial charge in [-0.2, -0.15) is 31.6 Å². The topological polar surface area (TPSA) is 224 Å². The first kappa shape index (κ1) is 78.9. The molecule has 8 aromatic heterocycles. The van der Waals surface area contributed by atoms with Crippen LogP contribution in [-0.4, -0.2) is 47.3 Å². The summed E-state index contributed by atoms with van der Waals surface area (Å²) in [7, 11) is 0. The van der Waals surface area contributed by atoms with Crippen LogP contribution in [0.15, 0.2) is 400 Å². The zero-order chi connectivity index (χ0) is 92.1. The quantitative estimate of drug-likeness (QED) is 0.106. The number of nitriles is 6. The van der Waals surface area contributed by atoms with Crippen molar-refractivity contribution in [3.05, 3.63) is 434 Å². The highest BCUT2D eigenvalue weighted by atomic mass is 15.0. The second-order valence-electron chi connectivity index (χ2n) is 34.7. The lowest BCUT2D eigenvalue weighted by Gasteiger charge is -2.15. The first-order valence-electron chi connectivity index (χ1n) is 45.2. The number of para-hydroxylation sites is 6. The van der Waals surface area contributed by atoms with Crippen LogP contribution in [0.1, 0.15) is 33.4 Å². The van der Waals surface area contributed by atoms with Crippen molar-refractivity contribution < 1.29 is 0 Å². The summed E-state index contributed by atoms with van der Waals surface area (Å²) in [5.74, 6) is 0.838. The molecule has 0 N–H and O–H groups in total. The molecule has 26 rings (SSSR count). The molecule has 0 aliphatic heterocycles. The van der Waals surface area contributed by atoms with Gasteiger partial charge < -0.3 is 27.4 Å². The molecule has 0 saturated carbocycles. The molecule has 0 bridgehead atoms. The smallest absolute Gasteiger partial charge is 0.160 e. The van der Waals surface area contributed by atoms with E-state index in [1.807, 2.05) is 91.0 Å². The Hall–Kier alpha value is -20.1. The van der Waals surface area contributed by atoms with Gasteiger partial charge in [-0.05, 0) is 205 Å². The Morgan fingerprint density at radius 2 is 0.413 bits per heavy atom. The summed E-state index contributed by atoms with van der Waals surface area (Å²) in [6, 6.07) is 150. The number of benzene rings is 18. The van der Waals surface area contributed by atoms with Crippen LogP contribution in [0.4, 0.5) is 0 Å². The fourth-order valence-electron chi connectivity index (χ4n) is 21.1. The van der Waals surface area contributed by atoms with E-state index in [2.05, 4.69) is 319 Å². The number of nitrogens with zero attached hydrogens (tertiary/aromatic N) is 16. The van der Waals surface area contributed by atoms with E-state index in [1.165, 1.54) is 0 Å². The summed E-state index contributed by atoms with van der Waals surface area (Å²) >= 11 is 0. The molecule has 0 aliphatic rings. The minimum Gasteiger partial charge on any atom is -0.309 e. The van der Waals surface area contributed by atoms with Crippen molar-refractivity contribution >= 4 is 131 Å². The van der Waals surface area contributed by atoms with E-state index in [-0.39, 0.29) is 11.1 Å². The SMILES string of the molecule is N#Cc1cccc(-c2cc(-c3cc(C#N)c(-n4c5ccc(-n6c7ccccc7c7ccccc76)cc5c5cc(-n6c7ccccc7c7cc(-c8ccc9c(c8)c8ccccc8n9-c8ccc9c(c8)c8cc(-n%10c%11ccccc%11c%11ccccc%11%10)ccc8n9-c8c(C#N)cc(-c9cc(-c%10ccccc%10)nc(-c%10ccccc%10)n9)cc8C#N)ccc76)ccc54)c(C#N)c3)nc(-c3cccc(C#N)c3)n2)c1. The second kappa shape index (κ2) is 31.3. The van der Waals surface area contributed by atoms with E-state index in [4.69, 9.17) is 19.9 Å². The molecule has 0 amide bonds. The van der Waals surface area contributed by atoms with E-state index < -0.39 is 0 Å². The normalized spacial score (nSPS) is 11.6. The lowest BCUT2D eigenvalue weighted by Crippen LogP contribution is -2.03. The highest BCUT2D eigenvalue weighted by Crippen LogP contribution is 2.47. The van der Waals surface area contributed by atoms with Crippen LogP contribution in [0.25, 0.3) is 244 Å². The molecule has 16 nitrogen and oxygen atoms in total. The lowest BCUT2D eigenvalue weighted by atomic mass is 9.99. The molecule has 138 heavy (non-hydrogen) atoms. The van der Waals surface area contributed by atoms with Gasteiger partial charge in [-0.15, -0.1) is 0 Å². The molecular weight excluding hydrogens is 1690 g/mol. The third-order valence-electron chi connectivity index (χ3n) is 27.2. The van der Waals surface area contributed by atoms with Gasteiger partial charge in [-0.1, -0.05) is 206 Å². The van der Waals surface area contributed by atoms with Gasteiger partial charge in [-0.25, -0.2) is 19.9 Å². The molecular formula is C122H66N16. The van der Waals surface area contributed by atoms with E-state index in [0.29, 0.717) is 90.3 Å². The molecule has 18 aromatic carbocycles. The number of hydrogen-bond acceptors (Lipinski definition) is 10. The van der Waals surface area contributed by atoms with Gasteiger partial charge >= 0.3 is 0 Å². The summed E-state index contributed by atoms with van der Waals surface area (Å²) in [5, 5.41) is 79.0. The fourth-order valence-corrected chi connectivity index (χ4v) is 21.1. The maximum atomic E-state index is 11.7. The summed E-state index contributed by atoms with van der Waals surface area (Å²) in [6.07, 6.45) is 0. The Morgan fingerprint density at radius 1 is 0.159 bits per heavy atom. The first-order chi connectivity index (χ1) is 68.1. The largest absolute Gasteiger partial charge is 0.309 e. The van der Waals surface area contributed by atoms with Gasteiger partial charge in [0.25, 0.3) is 0 Å². The van der Waals surface area contributed by atoms with Gasteiger partial charge in [0.15, 0.2) is 11.6 Å². The zero-order valence-electron chi connectivity index (χ0n) is 73.3. The van der Waals surface area contributed by atoms with Crippen LogP contribution < -0.4 is 0 Å². The highest BCUT2D eigenvalue weighted by Gasteiger charge is 2.29. The van der Waals surface area contributed by atoms with Crippen LogP contribution >= 0.6 is 0 Å². The van der Waals surface area contributed by atoms with Crippen molar-refractivity contribution in [1.29, 1.82) is 31.6 Å². The Kier molecular flexibility index (Phi) is 17.9. The van der Waals surface area contributed by atoms with Crippen LogP contribution in [0.2, 0.25) is 0 Å². The van der Waals surface area contributed by atoms with Gasteiger partial charge in [-0.3, -0.25) is 0 Å². The molecule has 0 aliphatic carbocycles. The highest BCUT2D eigenvalue weighted by molar-refractivity contribution is 6.18. The van der Waals surface area contributed by atoms with Crippen molar-refractivity contribution in [1.82, 2.24) is 47.3 Å². The Labute approximate surface area is 787 Å². The Balaban J connectivity index is 0.617. The molecule has 0 saturated heterocycles. The maximum absolute atomic E-state index is 11.7. The van der Waals surface area contributed by atoms with Crippen LogP contribution in [0.5, 0.6) is 0 Å². The molecule has 634 valence electrons. The van der Waals surface area contributed by atoms with Crippen LogP contribution in [-0.2, 0) is 0 Å². The van der Waals surface area contributed by atoms with Gasteiger partial charge in [0.2, 0.25) is 0 Å². The number of aromatic nitrogens is 10. The van der Waals surface area contributed by atoms with Gasteiger partial charge in [0, 0.05) is 121 Å². The molecule has 0 atom stereocenters. The van der Waals surface area contributed by atoms with E-state index in [1.54, 1.807) is 54.6 Å². The van der Waals surface area contributed by atoms with Crippen LogP contribution in [0, 0.1) is 68.0 Å². The molecule has 0 fully saturated rings. The van der Waals surface area contributed by atoms with Crippen molar-refractivity contribution in [3.8, 4) is 149 Å². The predicted molar refractivity (Wildman–Crippen MR) is 550 cm³/mol. The lowest BCUT2D eigenvalue weighted by molar-refractivity contribution is 1.14. The Bertz CT molecular complexity index is 9670. The molecule has 16 heteroatoms. The second-order valence-corrected chi connectivity index (χ2v) is 34.7. The van der Waals surface area contributed by atoms with Crippen molar-refractivity contribution in [2.75, 3.05) is 0 Å². The molecule has 0 spiro atoms. The minimum atomic E-state index is 0.233. The van der Waals surface area contributed by atoms with Crippen molar-refractivity contribution in [3.63, 3.8) is 0 Å². The van der Waals surface area contributed by atoms with E-state index in [9.17, 15) is 31.6 Å². The molecule has 0 radical (unpaired) electrons. The van der Waals surface area contributed by atoms with E-state index in [0.717, 1.165) is 176 Å². The third kappa shape index (κ3) is 12.3. The van der Waals surface area contributed by atoms with Gasteiger partial charge in [0.05, 0.1) is 146 Å². The van der Waals surface area contributed by atoms with Crippen molar-refractivity contribution in [2.45, 2.75) is 0 Å². The third-order valence-corrected chi connectivity index (χ3v) is 27.2. The monoisotopic (exact) mass is 1750 g/mol. The average Bonchev–Trinajstić information content (AvgIpc) is 1.56. The van der Waals surface area contributed by atoms with Gasteiger partial charge in [0.1, 0.15) is 24.3 Å². The average molecular weight is 1760 g/mol. The first-order valence-corrected chi connectivity index (χ1v) is 45.2. The molecule has 26 aromatic rings. The standard InChI is InChI=1S/C122H66N16/c123-67-73-21-19-27-79(53-73)104-66-106(132-122(130-104)80-28-20-22-74(54-80)68-124)82-57-85(71-127)120(86(58-82)72-128)138-116-50-44-88(134-109-37-15-9-31-93(109)94-32-10-16-38-110(94)134)62-100(116)102-64-90(46-52-118(102)138)136-112-40-18-12-34-96(112)98-60-78(42-48-114(98)136)77-41-47-113-97(59-77)95-33-11-17-39-111(95)135(113)89-45-51-117-101(63-89)99-61-87(133-107-35-13-7-29-91(107)92-30-8-14-36-108(92)133)43-49-115(99)137(117)119-83(69-125)55-81(56-84(119)70-126)105-65-103(75-23-3-1-4-24-75)129-121(131-105)76-25-5-2-6-26-76/h1-66H. The molecule has 0 unspecified atom stereocenters. The van der Waals surface area contributed by atoms with E-state index >= 15 is 0 Å². The Morgan fingerprint density at radius 3 is 0.754 bits per heavy atom. The fraction of sp³-hybridized carbons (Fsp3) is 0. The molecule has 8 heterocycles. The predicted octanol–water partition coefficient (Wildman–Crippen LogP) is 28.7. The summed E-state index contributed by atoms with van der Waals surface area (Å²) in [4.78, 5) is 20.3. The van der Waals surface area contributed by atoms with Crippen LogP contribution in [0.3, 0.4) is 0 Å². The number of hydrogen-bond donors (Lipinski definition) is 0. The summed E-state index contributed by atoms with van der Waals surface area (Å²) in [6.45, 7) is 0. The number of rotatable bonds is 13. The summed E-state index contributed by atoms with van der Waals surface area (Å²) < 4.78 is 13.5. The van der Waals surface area contributed by atoms with Crippen molar-refractivity contribution in [2.24, 2.45) is 0 Å². The zero-order valence-corrected chi connectivity index (χ0v) is 73.3. The summed E-state index contributed by atoms with van der Waals surface area (Å²) in [5.41, 5.74) is 26.3. The minimum absolute atomic E-state index is 0.233. The maximum Gasteiger partial charge on any atom is 0.160 e.